The van der Waals surface area contributed by atoms with Crippen LogP contribution in [0.25, 0.3) is 0 Å². The summed E-state index contributed by atoms with van der Waals surface area (Å²) in [6.07, 6.45) is 1.86. The summed E-state index contributed by atoms with van der Waals surface area (Å²) in [5.74, 6) is 0.554. The molecule has 9 aliphatic rings. The van der Waals surface area contributed by atoms with Crippen LogP contribution in [0.15, 0.2) is 219 Å². The number of phosphoric acid groups is 1. The topological polar surface area (TPSA) is 543 Å². The smallest absolute Gasteiger partial charge is 0.336 e. The fraction of sp³-hybridized carbons (Fsp3) is 0.480. The Morgan fingerprint density at radius 3 is 1.46 bits per heavy atom. The number of nitrogens with one attached hydrogen (secondary N) is 3. The molecule has 7 unspecified atom stereocenters. The Morgan fingerprint density at radius 2 is 1.02 bits per heavy atom. The number of sulfone groups is 4. The first kappa shape index (κ1) is 130. The first-order valence-electron chi connectivity index (χ1n) is 46.4. The molecule has 7 atom stereocenters. The van der Waals surface area contributed by atoms with Crippen LogP contribution < -0.4 is 26.2 Å². The minimum absolute atomic E-state index is 0.0290. The molecule has 0 spiro atoms. The zero-order valence-electron chi connectivity index (χ0n) is 82.7. The van der Waals surface area contributed by atoms with Crippen molar-refractivity contribution in [3.05, 3.63) is 268 Å². The third-order valence-electron chi connectivity index (χ3n) is 20.8. The number of likely N-dealkylation sites (N-methyl/N-ethyl adjacent to an activating group) is 3. The summed E-state index contributed by atoms with van der Waals surface area (Å²) < 4.78 is 157. The van der Waals surface area contributed by atoms with E-state index in [1.165, 1.54) is 22.1 Å². The Hall–Kier alpha value is -7.27. The second-order valence-corrected chi connectivity index (χ2v) is 47.4. The molecular weight excluding hydrogens is 2150 g/mol. The third kappa shape index (κ3) is 54.2. The van der Waals surface area contributed by atoms with Gasteiger partial charge in [0.2, 0.25) is 0 Å². The maximum Gasteiger partial charge on any atom is 0.336 e. The number of alkyl halides is 1. The lowest BCUT2D eigenvalue weighted by molar-refractivity contribution is -0.893. The monoisotopic (exact) mass is 2290 g/mol. The first-order valence-corrected chi connectivity index (χ1v) is 59.5. The van der Waals surface area contributed by atoms with Crippen molar-refractivity contribution < 1.29 is 150 Å². The molecule has 0 bridgehead atoms. The number of aldehydes is 1. The van der Waals surface area contributed by atoms with E-state index in [9.17, 15) is 57.6 Å². The van der Waals surface area contributed by atoms with Crippen LogP contribution in [0.3, 0.4) is 0 Å². The first-order chi connectivity index (χ1) is 69.8. The van der Waals surface area contributed by atoms with Gasteiger partial charge < -0.3 is 104 Å². The molecule has 15 rings (SSSR count). The molecule has 6 aromatic rings. The molecule has 9 aliphatic heterocycles. The van der Waals surface area contributed by atoms with E-state index in [0.717, 1.165) is 74.3 Å². The van der Waals surface area contributed by atoms with E-state index < -0.39 is 77.1 Å². The molecule has 0 aromatic heterocycles. The Morgan fingerprint density at radius 1 is 0.599 bits per heavy atom. The lowest BCUT2D eigenvalue weighted by atomic mass is 9.86. The number of halogens is 4. The largest absolute Gasteiger partial charge is 0.756 e. The highest BCUT2D eigenvalue weighted by molar-refractivity contribution is 7.99. The van der Waals surface area contributed by atoms with Crippen molar-refractivity contribution in [1.29, 1.82) is 0 Å². The standard InChI is InChI=1S/2C26H29ClN2O5S.C14H20N2O2.C7H5ClO.C5H10O4S.C5H8O4S.2C5H10O2S.C3H5ClO.C2H6OS.H3O4P/c2*1-18-23(26(30)34-13-12-29(2)16-19-8-4-3-5-9-19)24(20-10-6-7-11-21(20)27)25-22(28-18)17-33-14-15-35(25,31)32;1-12(15)10-14(17)18-9-8-16(2)11-13-6-4-3-5-7-13;8-7-4-2-1-3-6(7)5-9;2*6-5-3-9-1-2-10(7,8)4-5;6-5-3-7-1-2-8-4-5;6-1-2-8-4-5-3-7-5;4-1-3-2-5-3;3-1-2-4;1-5(2,3)4/h2*3-11,24,28H,12-17H2,1-2H3;3-7,10H,8-9,11,15H2,1-2H3;1-5H;5-6H,1-4H2;1-4H2;2*5-6H,1-4H2;3H,1-2H2;3-4H,1-2H2;(H3,1,2,3,4)/b;;12-10+;;;;;;;;. The van der Waals surface area contributed by atoms with Crippen molar-refractivity contribution in [2.24, 2.45) is 5.73 Å². The van der Waals surface area contributed by atoms with E-state index in [1.54, 1.807) is 117 Å². The molecule has 0 aliphatic carbocycles. The van der Waals surface area contributed by atoms with Crippen LogP contribution in [0.5, 0.6) is 0 Å². The van der Waals surface area contributed by atoms with Crippen LogP contribution in [0, 0.1) is 0 Å². The van der Waals surface area contributed by atoms with Crippen molar-refractivity contribution in [3.63, 3.8) is 0 Å². The quantitative estimate of drug-likeness (QED) is 0.00301. The van der Waals surface area contributed by atoms with Gasteiger partial charge in [-0.25, -0.2) is 48.1 Å². The van der Waals surface area contributed by atoms with Gasteiger partial charge in [-0.05, 0) is 75.3 Å². The van der Waals surface area contributed by atoms with Crippen LogP contribution in [0.2, 0.25) is 15.1 Å². The zero-order chi connectivity index (χ0) is 109. The third-order valence-corrected chi connectivity index (χ3v) is 31.5. The Balaban J connectivity index is 0.000000309. The average molecular weight is 2290 g/mol. The molecular formula is C98H135Cl4N6O31PS7. The number of ether oxygens (including phenoxy) is 10. The molecule has 37 nitrogen and oxygen atoms in total. The van der Waals surface area contributed by atoms with E-state index >= 15 is 0 Å². The van der Waals surface area contributed by atoms with Crippen molar-refractivity contribution in [3.8, 4) is 0 Å². The normalized spacial score (nSPS) is 20.5. The summed E-state index contributed by atoms with van der Waals surface area (Å²) >= 11 is 31.1. The summed E-state index contributed by atoms with van der Waals surface area (Å²) in [6.45, 7) is 14.5. The highest BCUT2D eigenvalue weighted by Gasteiger charge is 2.45. The number of hydrogen-bond donors (Lipinski definition) is 11. The number of benzene rings is 6. The maximum absolute atomic E-state index is 13.4. The van der Waals surface area contributed by atoms with Gasteiger partial charge in [0.15, 0.2) is 51.4 Å². The number of allylic oxidation sites excluding steroid dienone is 5. The van der Waals surface area contributed by atoms with E-state index in [0.29, 0.717) is 117 Å². The molecule has 5 saturated heterocycles. The number of ketones is 1. The van der Waals surface area contributed by atoms with Crippen molar-refractivity contribution in [2.45, 2.75) is 76.7 Å². The van der Waals surface area contributed by atoms with Crippen LogP contribution in [-0.2, 0) is 130 Å². The number of nitrogens with two attached hydrogens (primary N) is 1. The number of thioether (sulfide) groups is 2. The number of dihydropyridines is 2. The summed E-state index contributed by atoms with van der Waals surface area (Å²) in [6, 6.07) is 51.2. The Labute approximate surface area is 895 Å². The number of carbonyl (C=O) groups excluding carboxylic acids is 5. The molecule has 49 heteroatoms. The van der Waals surface area contributed by atoms with Crippen LogP contribution >= 0.6 is 90.4 Å². The zero-order valence-corrected chi connectivity index (χ0v) is 92.4. The Kier molecular flexibility index (Phi) is 62.1. The number of carbonyl (C=O) groups is 5. The van der Waals surface area contributed by atoms with E-state index in [2.05, 4.69) is 57.3 Å². The number of aliphatic hydroxyl groups is 4. The highest BCUT2D eigenvalue weighted by atomic mass is 35.5. The fourth-order valence-electron chi connectivity index (χ4n) is 13.8. The number of epoxide rings is 2. The minimum Gasteiger partial charge on any atom is -0.756 e. The van der Waals surface area contributed by atoms with Gasteiger partial charge in [0.05, 0.1) is 201 Å². The van der Waals surface area contributed by atoms with Crippen molar-refractivity contribution in [1.82, 2.24) is 20.4 Å². The second kappa shape index (κ2) is 70.1. The molecule has 147 heavy (non-hydrogen) atoms. The molecule has 0 amide bonds. The number of Topliss-reactive ketones (excluding diaryl/α,β-unsaturated/α-hetero) is 1. The van der Waals surface area contributed by atoms with E-state index in [4.69, 9.17) is 139 Å². The van der Waals surface area contributed by atoms with E-state index in [-0.39, 0.29) is 153 Å². The summed E-state index contributed by atoms with van der Waals surface area (Å²) in [4.78, 5) is 87.2. The minimum atomic E-state index is -4.89. The highest BCUT2D eigenvalue weighted by Crippen LogP contribution is 2.46. The average Bonchev–Trinajstić information content (AvgIpc) is 1.74. The van der Waals surface area contributed by atoms with Crippen LogP contribution in [-0.4, -0.2) is 350 Å². The van der Waals surface area contributed by atoms with Gasteiger partial charge in [0.25, 0.3) is 7.82 Å². The van der Waals surface area contributed by atoms with Crippen molar-refractivity contribution >= 4 is 160 Å². The predicted octanol–water partition coefficient (Wildman–Crippen LogP) is 6.51. The van der Waals surface area contributed by atoms with Crippen molar-refractivity contribution in [2.75, 3.05) is 222 Å². The molecule has 0 saturated carbocycles. The number of hydrogen-bond acceptors (Lipinski definition) is 37. The van der Waals surface area contributed by atoms with E-state index in [1.807, 2.05) is 87.9 Å². The summed E-state index contributed by atoms with van der Waals surface area (Å²) in [7, 11) is -12.5. The lowest BCUT2D eigenvalue weighted by Gasteiger charge is -2.31. The van der Waals surface area contributed by atoms with Gasteiger partial charge in [0, 0.05) is 99.3 Å². The van der Waals surface area contributed by atoms with Gasteiger partial charge >= 0.3 is 17.9 Å². The SMILES string of the molecule is C/C(N)=C\C(=O)OCCN(C)Cc1ccccc1.CC1=C(C(=O)OCCN(C)Cc2ccccc2)C(c2ccccc2Cl)C2=C(COCCS2(=O)=O)N1.CC1=C(C(=O)OCC[NH+](C)Cc2ccccc2)C(c2ccccc2Cl)C2=C(COCCS2(=O)=O)N1.ClCC1CO1.O=C1COCCS(=O)(=O)C1.O=Cc1ccccc1Cl.O=P([O-])(O)O.O=S1(=O)CCOCC(O)C1.OC1COCCSC1.OCCS.OCCSCC1CO1. The number of aliphatic hydroxyl groups excluding tert-OH is 4. The van der Waals surface area contributed by atoms with Gasteiger partial charge in [0.1, 0.15) is 45.3 Å². The number of nitrogens with zero attached hydrogens (tertiary/aromatic N) is 2. The fourth-order valence-corrected chi connectivity index (χ4v) is 21.8. The van der Waals surface area contributed by atoms with Crippen LogP contribution in [0.1, 0.15) is 70.8 Å². The number of quaternary nitrogens is 1. The molecule has 6 aromatic carbocycles. The van der Waals surface area contributed by atoms with Gasteiger partial charge in [-0.3, -0.25) is 24.0 Å². The number of rotatable bonds is 27. The summed E-state index contributed by atoms with van der Waals surface area (Å²) in [5.41, 5.74) is 13.5. The number of esters is 3. The molecule has 0 radical (unpaired) electrons. The predicted molar refractivity (Wildman–Crippen MR) is 570 cm³/mol. The number of thiol groups is 1. The molecule has 11 N–H and O–H groups in total. The van der Waals surface area contributed by atoms with Crippen LogP contribution in [0.4, 0.5) is 0 Å². The Bertz CT molecular complexity index is 5530. The molecule has 9 heterocycles. The molecule has 5 fully saturated rings. The van der Waals surface area contributed by atoms with Gasteiger partial charge in [-0.15, -0.1) is 11.6 Å². The van der Waals surface area contributed by atoms with Gasteiger partial charge in [-0.2, -0.15) is 36.2 Å². The maximum atomic E-state index is 13.4. The second-order valence-electron chi connectivity index (χ2n) is 33.6. The molecule has 818 valence electrons. The van der Waals surface area contributed by atoms with Gasteiger partial charge in [-0.1, -0.05) is 180 Å². The summed E-state index contributed by atoms with van der Waals surface area (Å²) in [5, 5.41) is 41.5. The lowest BCUT2D eigenvalue weighted by Crippen LogP contribution is -3.08.